The van der Waals surface area contributed by atoms with Crippen LogP contribution in [0.15, 0.2) is 24.3 Å². The first-order valence-electron chi connectivity index (χ1n) is 8.00. The summed E-state index contributed by atoms with van der Waals surface area (Å²) in [6.45, 7) is 4.97. The van der Waals surface area contributed by atoms with E-state index in [9.17, 15) is 4.79 Å². The highest BCUT2D eigenvalue weighted by Gasteiger charge is 2.27. The minimum atomic E-state index is -0.306. The minimum Gasteiger partial charge on any atom is -0.368 e. The summed E-state index contributed by atoms with van der Waals surface area (Å²) in [5.41, 5.74) is 1.93. The van der Waals surface area contributed by atoms with Crippen LogP contribution in [0.2, 0.25) is 0 Å². The van der Waals surface area contributed by atoms with Crippen LogP contribution in [0.4, 0.5) is 0 Å². The number of carbonyl (C=O) groups excluding carboxylic acids is 1. The molecule has 22 heavy (non-hydrogen) atoms. The molecule has 3 rings (SSSR count). The first kappa shape index (κ1) is 15.0. The van der Waals surface area contributed by atoms with Crippen molar-refractivity contribution >= 4 is 16.9 Å². The van der Waals surface area contributed by atoms with E-state index < -0.39 is 0 Å². The van der Waals surface area contributed by atoms with Gasteiger partial charge < -0.3 is 15.0 Å². The number of rotatable bonds is 5. The van der Waals surface area contributed by atoms with Crippen LogP contribution in [0.1, 0.15) is 45.0 Å². The van der Waals surface area contributed by atoms with Gasteiger partial charge in [-0.05, 0) is 37.3 Å². The fourth-order valence-corrected chi connectivity index (χ4v) is 2.90. The van der Waals surface area contributed by atoms with Crippen LogP contribution in [-0.2, 0) is 9.53 Å². The van der Waals surface area contributed by atoms with Crippen LogP contribution in [0, 0.1) is 5.92 Å². The van der Waals surface area contributed by atoms with Crippen molar-refractivity contribution in [3.05, 3.63) is 30.1 Å². The van der Waals surface area contributed by atoms with Gasteiger partial charge in [-0.15, -0.1) is 0 Å². The molecule has 0 bridgehead atoms. The summed E-state index contributed by atoms with van der Waals surface area (Å²) in [6, 6.07) is 7.82. The Balaban J connectivity index is 1.80. The van der Waals surface area contributed by atoms with Gasteiger partial charge in [0.25, 0.3) is 0 Å². The van der Waals surface area contributed by atoms with E-state index in [-0.39, 0.29) is 18.1 Å². The summed E-state index contributed by atoms with van der Waals surface area (Å²) in [7, 11) is 0. The molecule has 2 atom stereocenters. The monoisotopic (exact) mass is 301 g/mol. The van der Waals surface area contributed by atoms with Gasteiger partial charge in [-0.2, -0.15) is 0 Å². The largest absolute Gasteiger partial charge is 0.368 e. The number of para-hydroxylation sites is 2. The Hall–Kier alpha value is -1.88. The van der Waals surface area contributed by atoms with Gasteiger partial charge in [0.1, 0.15) is 11.9 Å². The zero-order valence-corrected chi connectivity index (χ0v) is 13.1. The maximum absolute atomic E-state index is 12.3. The number of hydrogen-bond acceptors (Lipinski definition) is 3. The van der Waals surface area contributed by atoms with Crippen LogP contribution in [0.5, 0.6) is 0 Å². The fourth-order valence-electron chi connectivity index (χ4n) is 2.90. The summed E-state index contributed by atoms with van der Waals surface area (Å²) >= 11 is 0. The molecule has 0 saturated carbocycles. The maximum Gasteiger partial charge on any atom is 0.249 e. The number of ether oxygens (including phenoxy) is 1. The number of benzene rings is 1. The van der Waals surface area contributed by atoms with Crippen LogP contribution < -0.4 is 5.32 Å². The van der Waals surface area contributed by atoms with Gasteiger partial charge in [0.2, 0.25) is 5.91 Å². The summed E-state index contributed by atoms with van der Waals surface area (Å²) in [6.07, 6.45) is 2.30. The zero-order chi connectivity index (χ0) is 15.5. The molecule has 5 nitrogen and oxygen atoms in total. The van der Waals surface area contributed by atoms with E-state index >= 15 is 0 Å². The number of nitrogens with one attached hydrogen (secondary N) is 2. The maximum atomic E-state index is 12.3. The Morgan fingerprint density at radius 3 is 2.95 bits per heavy atom. The number of imidazole rings is 1. The third-order valence-corrected chi connectivity index (χ3v) is 3.98. The quantitative estimate of drug-likeness (QED) is 0.892. The molecule has 0 aliphatic carbocycles. The second kappa shape index (κ2) is 6.48. The Labute approximate surface area is 130 Å². The van der Waals surface area contributed by atoms with Crippen molar-refractivity contribution < 1.29 is 9.53 Å². The lowest BCUT2D eigenvalue weighted by molar-refractivity contribution is -0.131. The van der Waals surface area contributed by atoms with Gasteiger partial charge in [-0.3, -0.25) is 4.79 Å². The first-order chi connectivity index (χ1) is 10.6. The molecule has 2 N–H and O–H groups in total. The van der Waals surface area contributed by atoms with E-state index in [1.807, 2.05) is 24.3 Å². The number of hydrogen-bond donors (Lipinski definition) is 2. The third-order valence-electron chi connectivity index (χ3n) is 3.98. The molecule has 1 aliphatic rings. The molecule has 2 unspecified atom stereocenters. The molecule has 0 radical (unpaired) electrons. The number of nitrogens with zero attached hydrogens (tertiary/aromatic N) is 1. The van der Waals surface area contributed by atoms with Crippen molar-refractivity contribution in [3.8, 4) is 0 Å². The average Bonchev–Trinajstić information content (AvgIpc) is 3.15. The number of H-pyrrole nitrogens is 1. The van der Waals surface area contributed by atoms with Crippen molar-refractivity contribution in [3.63, 3.8) is 0 Å². The summed E-state index contributed by atoms with van der Waals surface area (Å²) in [5.74, 6) is 1.26. The number of fused-ring (bicyclic) bond motifs is 1. The third kappa shape index (κ3) is 3.30. The summed E-state index contributed by atoms with van der Waals surface area (Å²) < 4.78 is 5.47. The van der Waals surface area contributed by atoms with E-state index in [1.165, 1.54) is 0 Å². The zero-order valence-electron chi connectivity index (χ0n) is 13.1. The molecule has 1 aliphatic heterocycles. The first-order valence-corrected chi connectivity index (χ1v) is 8.00. The van der Waals surface area contributed by atoms with E-state index in [0.29, 0.717) is 12.5 Å². The standard InChI is InChI=1S/C17H23N3O2/c1-11(2)10-14(20-17(21)15-8-5-9-22-15)16-18-12-6-3-4-7-13(12)19-16/h3-4,6-7,11,14-15H,5,8-10H2,1-2H3,(H,18,19)(H,20,21). The lowest BCUT2D eigenvalue weighted by Gasteiger charge is -2.20. The van der Waals surface area contributed by atoms with Crippen LogP contribution >= 0.6 is 0 Å². The van der Waals surface area contributed by atoms with Crippen molar-refractivity contribution in [2.24, 2.45) is 5.92 Å². The van der Waals surface area contributed by atoms with Crippen molar-refractivity contribution in [1.82, 2.24) is 15.3 Å². The second-order valence-electron chi connectivity index (χ2n) is 6.33. The normalized spacial score (nSPS) is 19.7. The highest BCUT2D eigenvalue weighted by molar-refractivity contribution is 5.81. The molecule has 0 spiro atoms. The fraction of sp³-hybridized carbons (Fsp3) is 0.529. The molecular formula is C17H23N3O2. The van der Waals surface area contributed by atoms with Crippen molar-refractivity contribution in [2.75, 3.05) is 6.61 Å². The number of aromatic amines is 1. The molecule has 118 valence electrons. The van der Waals surface area contributed by atoms with Gasteiger partial charge in [-0.25, -0.2) is 4.98 Å². The van der Waals surface area contributed by atoms with Crippen LogP contribution in [-0.4, -0.2) is 28.6 Å². The van der Waals surface area contributed by atoms with Crippen molar-refractivity contribution in [2.45, 2.75) is 45.3 Å². The average molecular weight is 301 g/mol. The Morgan fingerprint density at radius 1 is 1.45 bits per heavy atom. The molecule has 2 aromatic rings. The Kier molecular flexibility index (Phi) is 4.43. The van der Waals surface area contributed by atoms with E-state index in [0.717, 1.165) is 36.1 Å². The summed E-state index contributed by atoms with van der Waals surface area (Å²) in [5, 5.41) is 3.11. The topological polar surface area (TPSA) is 67.0 Å². The highest BCUT2D eigenvalue weighted by atomic mass is 16.5. The SMILES string of the molecule is CC(C)CC(NC(=O)C1CCCO1)c1nc2ccccc2[nH]1. The lowest BCUT2D eigenvalue weighted by Crippen LogP contribution is -2.37. The smallest absolute Gasteiger partial charge is 0.249 e. The molecule has 2 heterocycles. The van der Waals surface area contributed by atoms with Gasteiger partial charge >= 0.3 is 0 Å². The highest BCUT2D eigenvalue weighted by Crippen LogP contribution is 2.23. The molecule has 5 heteroatoms. The van der Waals surface area contributed by atoms with Gasteiger partial charge in [-0.1, -0.05) is 26.0 Å². The summed E-state index contributed by atoms with van der Waals surface area (Å²) in [4.78, 5) is 20.3. The van der Waals surface area contributed by atoms with Gasteiger partial charge in [0, 0.05) is 6.61 Å². The molecule has 1 amide bonds. The molecular weight excluding hydrogens is 278 g/mol. The van der Waals surface area contributed by atoms with E-state index in [1.54, 1.807) is 0 Å². The molecule has 1 aromatic heterocycles. The number of aromatic nitrogens is 2. The van der Waals surface area contributed by atoms with E-state index in [4.69, 9.17) is 4.74 Å². The van der Waals surface area contributed by atoms with Crippen LogP contribution in [0.25, 0.3) is 11.0 Å². The second-order valence-corrected chi connectivity index (χ2v) is 6.33. The van der Waals surface area contributed by atoms with Gasteiger partial charge in [0.05, 0.1) is 17.1 Å². The number of amides is 1. The molecule has 1 saturated heterocycles. The lowest BCUT2D eigenvalue weighted by atomic mass is 10.0. The number of carbonyl (C=O) groups is 1. The van der Waals surface area contributed by atoms with E-state index in [2.05, 4.69) is 29.1 Å². The van der Waals surface area contributed by atoms with Gasteiger partial charge in [0.15, 0.2) is 0 Å². The molecule has 1 fully saturated rings. The Bertz CT molecular complexity index is 611. The molecule has 1 aromatic carbocycles. The minimum absolute atomic E-state index is 0.0244. The predicted octanol–water partition coefficient (Wildman–Crippen LogP) is 2.95. The van der Waals surface area contributed by atoms with Crippen molar-refractivity contribution in [1.29, 1.82) is 0 Å². The Morgan fingerprint density at radius 2 is 2.27 bits per heavy atom. The predicted molar refractivity (Wildman–Crippen MR) is 85.4 cm³/mol. The van der Waals surface area contributed by atoms with Crippen LogP contribution in [0.3, 0.4) is 0 Å².